The minimum Gasteiger partial charge on any atom is -0.309 e. The van der Waals surface area contributed by atoms with E-state index < -0.39 is 0 Å². The monoisotopic (exact) mass is 627 g/mol. The minimum absolute atomic E-state index is 0.759. The number of hydrogen-bond donors (Lipinski definition) is 0. The molecule has 4 heteroatoms. The van der Waals surface area contributed by atoms with E-state index in [0.717, 1.165) is 22.6 Å². The highest BCUT2D eigenvalue weighted by molar-refractivity contribution is 7.25. The summed E-state index contributed by atoms with van der Waals surface area (Å²) in [6, 6.07) is 52.8. The summed E-state index contributed by atoms with van der Waals surface area (Å²) < 4.78 is 4.93. The van der Waals surface area contributed by atoms with Gasteiger partial charge in [0.05, 0.1) is 16.7 Å². The molecule has 0 amide bonds. The van der Waals surface area contributed by atoms with Crippen molar-refractivity contribution in [3.63, 3.8) is 0 Å². The van der Waals surface area contributed by atoms with Crippen LogP contribution in [0.25, 0.3) is 103 Å². The first-order valence-corrected chi connectivity index (χ1v) is 17.1. The molecular formula is C44H25N3S. The summed E-state index contributed by atoms with van der Waals surface area (Å²) >= 11 is 1.84. The van der Waals surface area contributed by atoms with Gasteiger partial charge in [0, 0.05) is 59.5 Å². The maximum Gasteiger partial charge on any atom is 0.159 e. The van der Waals surface area contributed by atoms with Gasteiger partial charge in [0.1, 0.15) is 0 Å². The van der Waals surface area contributed by atoms with Crippen LogP contribution >= 0.6 is 11.3 Å². The number of thiophene rings is 1. The lowest BCUT2D eigenvalue weighted by molar-refractivity contribution is 1.18. The van der Waals surface area contributed by atoms with E-state index in [0.29, 0.717) is 0 Å². The molecule has 11 rings (SSSR count). The Morgan fingerprint density at radius 1 is 0.479 bits per heavy atom. The first-order valence-electron chi connectivity index (χ1n) is 16.2. The maximum atomic E-state index is 5.17. The van der Waals surface area contributed by atoms with Crippen molar-refractivity contribution in [1.82, 2.24) is 14.5 Å². The van der Waals surface area contributed by atoms with Crippen molar-refractivity contribution in [2.45, 2.75) is 0 Å². The molecule has 0 unspecified atom stereocenters. The molecule has 7 aromatic carbocycles. The highest BCUT2D eigenvalue weighted by Gasteiger charge is 2.24. The van der Waals surface area contributed by atoms with Crippen LogP contribution in [0.2, 0.25) is 0 Å². The number of benzene rings is 7. The van der Waals surface area contributed by atoms with Gasteiger partial charge < -0.3 is 4.57 Å². The number of nitrogens with zero attached hydrogens (tertiary/aromatic N) is 3. The van der Waals surface area contributed by atoms with Crippen LogP contribution in [-0.2, 0) is 0 Å². The maximum absolute atomic E-state index is 5.17. The molecule has 0 saturated heterocycles. The van der Waals surface area contributed by atoms with E-state index in [-0.39, 0.29) is 0 Å². The largest absolute Gasteiger partial charge is 0.309 e. The molecule has 1 aliphatic rings. The van der Waals surface area contributed by atoms with Crippen molar-refractivity contribution in [2.24, 2.45) is 0 Å². The van der Waals surface area contributed by atoms with E-state index in [4.69, 9.17) is 9.97 Å². The van der Waals surface area contributed by atoms with Gasteiger partial charge in [-0.2, -0.15) is 0 Å². The summed E-state index contributed by atoms with van der Waals surface area (Å²) in [5.74, 6) is 0.759. The van der Waals surface area contributed by atoms with E-state index in [1.165, 1.54) is 80.7 Å². The summed E-state index contributed by atoms with van der Waals surface area (Å²) in [7, 11) is 0. The smallest absolute Gasteiger partial charge is 0.159 e. The third kappa shape index (κ3) is 3.63. The van der Waals surface area contributed by atoms with Crippen LogP contribution in [0.15, 0.2) is 152 Å². The van der Waals surface area contributed by atoms with Crippen molar-refractivity contribution >= 4 is 64.1 Å². The number of hydrogen-bond acceptors (Lipinski definition) is 3. The fourth-order valence-electron chi connectivity index (χ4n) is 7.79. The topological polar surface area (TPSA) is 30.7 Å². The van der Waals surface area contributed by atoms with Gasteiger partial charge in [-0.1, -0.05) is 91.0 Å². The van der Waals surface area contributed by atoms with Crippen molar-refractivity contribution in [3.8, 4) is 50.6 Å². The third-order valence-electron chi connectivity index (χ3n) is 9.99. The molecule has 0 spiro atoms. The molecule has 222 valence electrons. The van der Waals surface area contributed by atoms with Gasteiger partial charge in [-0.3, -0.25) is 0 Å². The Bertz CT molecular complexity index is 2950. The van der Waals surface area contributed by atoms with Crippen LogP contribution < -0.4 is 0 Å². The second-order valence-corrected chi connectivity index (χ2v) is 13.7. The molecule has 0 bridgehead atoms. The molecule has 0 aliphatic heterocycles. The molecule has 10 aromatic rings. The van der Waals surface area contributed by atoms with Crippen molar-refractivity contribution < 1.29 is 0 Å². The van der Waals surface area contributed by atoms with Crippen LogP contribution in [0, 0.1) is 0 Å². The number of rotatable bonds is 3. The molecule has 0 N–H and O–H groups in total. The Morgan fingerprint density at radius 3 is 2.02 bits per heavy atom. The van der Waals surface area contributed by atoms with Gasteiger partial charge in [0.15, 0.2) is 5.82 Å². The summed E-state index contributed by atoms with van der Waals surface area (Å²) in [4.78, 5) is 10.1. The van der Waals surface area contributed by atoms with Crippen LogP contribution in [-0.4, -0.2) is 14.5 Å². The van der Waals surface area contributed by atoms with Gasteiger partial charge in [-0.15, -0.1) is 11.3 Å². The summed E-state index contributed by atoms with van der Waals surface area (Å²) in [6.07, 6.45) is 2.01. The molecule has 0 radical (unpaired) electrons. The average Bonchev–Trinajstić information content (AvgIpc) is 3.79. The second kappa shape index (κ2) is 9.71. The Kier molecular flexibility index (Phi) is 5.26. The lowest BCUT2D eigenvalue weighted by Gasteiger charge is -2.09. The molecule has 3 aromatic heterocycles. The van der Waals surface area contributed by atoms with Crippen LogP contribution in [0.1, 0.15) is 0 Å². The van der Waals surface area contributed by atoms with Crippen molar-refractivity contribution in [2.75, 3.05) is 0 Å². The molecule has 48 heavy (non-hydrogen) atoms. The molecular weight excluding hydrogens is 603 g/mol. The quantitative estimate of drug-likeness (QED) is 0.195. The Balaban J connectivity index is 1.05. The number of aromatic nitrogens is 3. The Labute approximate surface area is 280 Å². The standard InChI is InChI=1S/C44H25N3S/c1-2-10-30(11-3-1)47-38-15-5-4-12-31(38)32-19-16-28(24-39(32)47)27-17-20-40-35(22-27)36-23-29(18-21-41(36)48-40)44-45-25-37-33-13-6-8-26-9-7-14-34(42(26)33)43(37)46-44/h1-25H. The summed E-state index contributed by atoms with van der Waals surface area (Å²) in [5, 5.41) is 7.55. The first-order chi connectivity index (χ1) is 23.8. The fourth-order valence-corrected chi connectivity index (χ4v) is 8.85. The van der Waals surface area contributed by atoms with Crippen molar-refractivity contribution in [3.05, 3.63) is 152 Å². The average molecular weight is 628 g/mol. The molecule has 3 nitrogen and oxygen atoms in total. The zero-order chi connectivity index (χ0) is 31.3. The predicted octanol–water partition coefficient (Wildman–Crippen LogP) is 12.1. The normalized spacial score (nSPS) is 12.2. The zero-order valence-corrected chi connectivity index (χ0v) is 26.5. The zero-order valence-electron chi connectivity index (χ0n) is 25.7. The number of fused-ring (bicyclic) bond motifs is 9. The van der Waals surface area contributed by atoms with E-state index in [1.54, 1.807) is 0 Å². The Morgan fingerprint density at radius 2 is 1.17 bits per heavy atom. The van der Waals surface area contributed by atoms with Crippen LogP contribution in [0.3, 0.4) is 0 Å². The van der Waals surface area contributed by atoms with E-state index in [1.807, 2.05) is 17.5 Å². The van der Waals surface area contributed by atoms with Gasteiger partial charge >= 0.3 is 0 Å². The second-order valence-electron chi connectivity index (χ2n) is 12.6. The van der Waals surface area contributed by atoms with E-state index >= 15 is 0 Å². The SMILES string of the molecule is c1ccc(-n2c3ccccc3c3ccc(-c4ccc5sc6ccc(-c7ncc8c(n7)-c7cccc9cccc-8c79)cc6c5c4)cc32)cc1. The summed E-state index contributed by atoms with van der Waals surface area (Å²) in [5.41, 5.74) is 11.6. The van der Waals surface area contributed by atoms with Crippen LogP contribution in [0.4, 0.5) is 0 Å². The molecule has 0 saturated carbocycles. The van der Waals surface area contributed by atoms with Gasteiger partial charge in [-0.05, 0) is 82.1 Å². The molecule has 0 atom stereocenters. The first kappa shape index (κ1) is 26.0. The van der Waals surface area contributed by atoms with Crippen LogP contribution in [0.5, 0.6) is 0 Å². The Hall–Kier alpha value is -6.10. The van der Waals surface area contributed by atoms with Gasteiger partial charge in [0.25, 0.3) is 0 Å². The molecule has 1 aliphatic carbocycles. The van der Waals surface area contributed by atoms with Gasteiger partial charge in [0.2, 0.25) is 0 Å². The van der Waals surface area contributed by atoms with E-state index in [9.17, 15) is 0 Å². The number of para-hydroxylation sites is 2. The minimum atomic E-state index is 0.759. The fraction of sp³-hybridized carbons (Fsp3) is 0. The molecule has 3 heterocycles. The lowest BCUT2D eigenvalue weighted by Crippen LogP contribution is -1.93. The van der Waals surface area contributed by atoms with E-state index in [2.05, 4.69) is 150 Å². The predicted molar refractivity (Wildman–Crippen MR) is 202 cm³/mol. The summed E-state index contributed by atoms with van der Waals surface area (Å²) in [6.45, 7) is 0. The highest BCUT2D eigenvalue weighted by atomic mass is 32.1. The third-order valence-corrected chi connectivity index (χ3v) is 11.1. The lowest BCUT2D eigenvalue weighted by atomic mass is 10.0. The molecule has 0 fully saturated rings. The highest BCUT2D eigenvalue weighted by Crippen LogP contribution is 2.46. The van der Waals surface area contributed by atoms with Gasteiger partial charge in [-0.25, -0.2) is 9.97 Å². The van der Waals surface area contributed by atoms with Crippen molar-refractivity contribution in [1.29, 1.82) is 0 Å².